The molecular formula is C16H24N2O5S2. The smallest absolute Gasteiger partial charge is 0.227 e. The summed E-state index contributed by atoms with van der Waals surface area (Å²) in [5.74, 6) is -0.437. The third kappa shape index (κ3) is 4.80. The molecule has 0 unspecified atom stereocenters. The molecule has 0 radical (unpaired) electrons. The van der Waals surface area contributed by atoms with Gasteiger partial charge in [0.05, 0.1) is 10.6 Å². The highest BCUT2D eigenvalue weighted by atomic mass is 32.2. The summed E-state index contributed by atoms with van der Waals surface area (Å²) in [5.41, 5.74) is 1.24. The predicted octanol–water partition coefficient (Wildman–Crippen LogP) is 1.40. The Morgan fingerprint density at radius 2 is 1.80 bits per heavy atom. The summed E-state index contributed by atoms with van der Waals surface area (Å²) in [6, 6.07) is 4.62. The van der Waals surface area contributed by atoms with Crippen LogP contribution >= 0.6 is 0 Å². The summed E-state index contributed by atoms with van der Waals surface area (Å²) in [6.07, 6.45) is 2.03. The van der Waals surface area contributed by atoms with E-state index in [1.54, 1.807) is 19.9 Å². The zero-order chi connectivity index (χ0) is 18.8. The number of hydrogen-bond donors (Lipinski definition) is 1. The molecule has 1 amide bonds. The number of nitrogens with one attached hydrogen (secondary N) is 1. The number of sulfone groups is 1. The van der Waals surface area contributed by atoms with Crippen molar-refractivity contribution in [3.05, 3.63) is 23.8 Å². The molecule has 1 heterocycles. The number of carbonyl (C=O) groups excluding carboxylic acids is 1. The number of aryl methyl sites for hydroxylation is 1. The van der Waals surface area contributed by atoms with Crippen molar-refractivity contribution in [3.8, 4) is 0 Å². The summed E-state index contributed by atoms with van der Waals surface area (Å²) in [6.45, 7) is 4.05. The number of benzene rings is 1. The van der Waals surface area contributed by atoms with E-state index in [9.17, 15) is 21.6 Å². The van der Waals surface area contributed by atoms with Crippen LogP contribution in [-0.4, -0.2) is 52.1 Å². The first-order valence-electron chi connectivity index (χ1n) is 8.14. The van der Waals surface area contributed by atoms with Crippen LogP contribution in [0.2, 0.25) is 0 Å². The first-order chi connectivity index (χ1) is 11.5. The second-order valence-corrected chi connectivity index (χ2v) is 10.6. The van der Waals surface area contributed by atoms with Gasteiger partial charge in [-0.2, -0.15) is 0 Å². The lowest BCUT2D eigenvalue weighted by Gasteiger charge is -2.30. The minimum Gasteiger partial charge on any atom is -0.326 e. The molecule has 0 aliphatic carbocycles. The van der Waals surface area contributed by atoms with Crippen molar-refractivity contribution >= 4 is 31.5 Å². The molecule has 0 aromatic heterocycles. The Morgan fingerprint density at radius 1 is 1.20 bits per heavy atom. The molecule has 140 valence electrons. The van der Waals surface area contributed by atoms with Gasteiger partial charge in [-0.3, -0.25) is 4.79 Å². The summed E-state index contributed by atoms with van der Waals surface area (Å²) in [4.78, 5) is 12.6. The first-order valence-corrected chi connectivity index (χ1v) is 11.6. The molecule has 1 aliphatic rings. The molecule has 1 aliphatic heterocycles. The van der Waals surface area contributed by atoms with Crippen molar-refractivity contribution in [1.82, 2.24) is 4.31 Å². The van der Waals surface area contributed by atoms with Gasteiger partial charge in [-0.15, -0.1) is 0 Å². The number of amides is 1. The van der Waals surface area contributed by atoms with Gasteiger partial charge in [0.25, 0.3) is 0 Å². The third-order valence-electron chi connectivity index (χ3n) is 4.48. The number of carbonyl (C=O) groups is 1. The Hall–Kier alpha value is -1.45. The van der Waals surface area contributed by atoms with Gasteiger partial charge in [0.1, 0.15) is 0 Å². The van der Waals surface area contributed by atoms with Gasteiger partial charge in [-0.25, -0.2) is 21.1 Å². The van der Waals surface area contributed by atoms with Gasteiger partial charge in [0, 0.05) is 31.0 Å². The van der Waals surface area contributed by atoms with Crippen LogP contribution < -0.4 is 5.32 Å². The standard InChI is InChI=1S/C16H24N2O5S2/c1-4-25(22,23)18-9-7-13(8-10-18)16(19)17-15-11-14(24(3,20)21)6-5-12(15)2/h5-6,11,13H,4,7-10H2,1-3H3,(H,17,19). The van der Waals surface area contributed by atoms with Gasteiger partial charge in [0.2, 0.25) is 15.9 Å². The Bertz CT molecular complexity index is 855. The number of piperidine rings is 1. The van der Waals surface area contributed by atoms with E-state index in [1.807, 2.05) is 0 Å². The monoisotopic (exact) mass is 388 g/mol. The summed E-state index contributed by atoms with van der Waals surface area (Å²) in [7, 11) is -6.58. The molecule has 1 aromatic rings. The molecule has 1 aromatic carbocycles. The number of nitrogens with zero attached hydrogens (tertiary/aromatic N) is 1. The Labute approximate surface area is 149 Å². The molecule has 1 saturated heterocycles. The van der Waals surface area contributed by atoms with Crippen molar-refractivity contribution < 1.29 is 21.6 Å². The number of sulfonamides is 1. The fourth-order valence-electron chi connectivity index (χ4n) is 2.78. The lowest BCUT2D eigenvalue weighted by Crippen LogP contribution is -2.42. The largest absolute Gasteiger partial charge is 0.326 e. The van der Waals surface area contributed by atoms with E-state index in [-0.39, 0.29) is 22.5 Å². The van der Waals surface area contributed by atoms with Crippen molar-refractivity contribution in [3.63, 3.8) is 0 Å². The van der Waals surface area contributed by atoms with Crippen LogP contribution in [0.5, 0.6) is 0 Å². The fraction of sp³-hybridized carbons (Fsp3) is 0.562. The second kappa shape index (κ2) is 7.43. The molecule has 1 N–H and O–H groups in total. The summed E-state index contributed by atoms with van der Waals surface area (Å²) in [5, 5.41) is 2.79. The van der Waals surface area contributed by atoms with Crippen LogP contribution in [0.25, 0.3) is 0 Å². The summed E-state index contributed by atoms with van der Waals surface area (Å²) >= 11 is 0. The van der Waals surface area contributed by atoms with Crippen molar-refractivity contribution in [2.24, 2.45) is 5.92 Å². The van der Waals surface area contributed by atoms with Crippen LogP contribution in [0.3, 0.4) is 0 Å². The SMILES string of the molecule is CCS(=O)(=O)N1CCC(C(=O)Nc2cc(S(C)(=O)=O)ccc2C)CC1. The van der Waals surface area contributed by atoms with Gasteiger partial charge >= 0.3 is 0 Å². The average molecular weight is 389 g/mol. The van der Waals surface area contributed by atoms with Gasteiger partial charge < -0.3 is 5.32 Å². The van der Waals surface area contributed by atoms with Gasteiger partial charge in [-0.1, -0.05) is 6.07 Å². The maximum atomic E-state index is 12.5. The maximum absolute atomic E-state index is 12.5. The molecule has 2 rings (SSSR count). The molecule has 1 fully saturated rings. The predicted molar refractivity (Wildman–Crippen MR) is 96.7 cm³/mol. The van der Waals surface area contributed by atoms with Crippen molar-refractivity contribution in [1.29, 1.82) is 0 Å². The quantitative estimate of drug-likeness (QED) is 0.822. The first kappa shape index (κ1) is 19.9. The van der Waals surface area contributed by atoms with Gasteiger partial charge in [0.15, 0.2) is 9.84 Å². The zero-order valence-electron chi connectivity index (χ0n) is 14.6. The maximum Gasteiger partial charge on any atom is 0.227 e. The molecule has 0 saturated carbocycles. The van der Waals surface area contributed by atoms with E-state index >= 15 is 0 Å². The number of hydrogen-bond acceptors (Lipinski definition) is 5. The summed E-state index contributed by atoms with van der Waals surface area (Å²) < 4.78 is 48.5. The van der Waals surface area contributed by atoms with Crippen LogP contribution in [-0.2, 0) is 24.7 Å². The molecule has 0 spiro atoms. The van der Waals surface area contributed by atoms with E-state index in [1.165, 1.54) is 16.4 Å². The topological polar surface area (TPSA) is 101 Å². The molecule has 0 atom stereocenters. The highest BCUT2D eigenvalue weighted by molar-refractivity contribution is 7.90. The van der Waals surface area contributed by atoms with Crippen molar-refractivity contribution in [2.45, 2.75) is 31.6 Å². The highest BCUT2D eigenvalue weighted by Gasteiger charge is 2.30. The van der Waals surface area contributed by atoms with Crippen LogP contribution in [0, 0.1) is 12.8 Å². The number of anilines is 1. The highest BCUT2D eigenvalue weighted by Crippen LogP contribution is 2.24. The molecular weight excluding hydrogens is 364 g/mol. The number of rotatable bonds is 5. The van der Waals surface area contributed by atoms with Crippen LogP contribution in [0.1, 0.15) is 25.3 Å². The zero-order valence-corrected chi connectivity index (χ0v) is 16.3. The Kier molecular flexibility index (Phi) is 5.90. The minimum atomic E-state index is -3.35. The molecule has 9 heteroatoms. The second-order valence-electron chi connectivity index (χ2n) is 6.31. The van der Waals surface area contributed by atoms with Crippen LogP contribution in [0.4, 0.5) is 5.69 Å². The third-order valence-corrected chi connectivity index (χ3v) is 7.47. The molecule has 25 heavy (non-hydrogen) atoms. The van der Waals surface area contributed by atoms with Crippen LogP contribution in [0.15, 0.2) is 23.1 Å². The van der Waals surface area contributed by atoms with Gasteiger partial charge in [-0.05, 0) is 44.4 Å². The molecule has 0 bridgehead atoms. The average Bonchev–Trinajstić information content (AvgIpc) is 2.56. The normalized spacial score (nSPS) is 17.4. The van der Waals surface area contributed by atoms with E-state index < -0.39 is 19.9 Å². The lowest BCUT2D eigenvalue weighted by atomic mass is 9.97. The Balaban J connectivity index is 2.07. The van der Waals surface area contributed by atoms with E-state index in [0.717, 1.165) is 11.8 Å². The van der Waals surface area contributed by atoms with E-state index in [2.05, 4.69) is 5.32 Å². The van der Waals surface area contributed by atoms with E-state index in [4.69, 9.17) is 0 Å². The van der Waals surface area contributed by atoms with E-state index in [0.29, 0.717) is 31.6 Å². The minimum absolute atomic E-state index is 0.0569. The Morgan fingerprint density at radius 3 is 2.32 bits per heavy atom. The fourth-order valence-corrected chi connectivity index (χ4v) is 4.56. The van der Waals surface area contributed by atoms with Crippen molar-refractivity contribution in [2.75, 3.05) is 30.4 Å². The lowest BCUT2D eigenvalue weighted by molar-refractivity contribution is -0.120. The molecule has 7 nitrogen and oxygen atoms in total.